The second kappa shape index (κ2) is 7.20. The molecule has 0 aromatic heterocycles. The first-order chi connectivity index (χ1) is 11.5. The highest BCUT2D eigenvalue weighted by atomic mass is 16.5. The first-order valence-electron chi connectivity index (χ1n) is 8.35. The van der Waals surface area contributed by atoms with Gasteiger partial charge in [0, 0.05) is 25.2 Å². The number of carbonyl (C=O) groups excluding carboxylic acids is 1. The normalized spacial score (nSPS) is 18.9. The van der Waals surface area contributed by atoms with Crippen LogP contribution in [0, 0.1) is 0 Å². The Morgan fingerprint density at radius 3 is 2.88 bits per heavy atom. The fraction of sp³-hybridized carbons (Fsp3) is 0.421. The Kier molecular flexibility index (Phi) is 5.02. The van der Waals surface area contributed by atoms with Crippen molar-refractivity contribution in [1.29, 1.82) is 0 Å². The Morgan fingerprint density at radius 2 is 2.12 bits per heavy atom. The van der Waals surface area contributed by atoms with Crippen molar-refractivity contribution in [2.24, 2.45) is 5.73 Å². The number of nitrogens with two attached hydrogens (primary N) is 1. The smallest absolute Gasteiger partial charge is 0.247 e. The quantitative estimate of drug-likeness (QED) is 0.915. The molecule has 0 saturated carbocycles. The zero-order chi connectivity index (χ0) is 17.1. The van der Waals surface area contributed by atoms with E-state index in [4.69, 9.17) is 15.2 Å². The number of nitrogens with zero attached hydrogens (tertiary/aromatic N) is 1. The average molecular weight is 328 g/mol. The van der Waals surface area contributed by atoms with Crippen molar-refractivity contribution in [1.82, 2.24) is 4.90 Å². The number of hydrogen-bond donors (Lipinski definition) is 1. The van der Waals surface area contributed by atoms with Crippen molar-refractivity contribution in [3.8, 4) is 5.75 Å². The third-order valence-corrected chi connectivity index (χ3v) is 4.21. The van der Waals surface area contributed by atoms with Crippen molar-refractivity contribution in [2.45, 2.75) is 32.6 Å². The molecule has 0 radical (unpaired) electrons. The van der Waals surface area contributed by atoms with Gasteiger partial charge in [0.05, 0.1) is 12.7 Å². The minimum atomic E-state index is -0.539. The van der Waals surface area contributed by atoms with Crippen LogP contribution in [-0.2, 0) is 16.1 Å². The molecular weight excluding hydrogens is 304 g/mol. The van der Waals surface area contributed by atoms with E-state index < -0.39 is 12.0 Å². The highest BCUT2D eigenvalue weighted by Gasteiger charge is 2.26. The number of morpholine rings is 1. The first kappa shape index (κ1) is 16.7. The van der Waals surface area contributed by atoms with Crippen LogP contribution in [0.1, 0.15) is 19.4 Å². The molecule has 2 aromatic carbocycles. The lowest BCUT2D eigenvalue weighted by Crippen LogP contribution is -2.47. The maximum atomic E-state index is 11.4. The lowest BCUT2D eigenvalue weighted by atomic mass is 10.0. The van der Waals surface area contributed by atoms with E-state index in [0.29, 0.717) is 19.7 Å². The molecule has 0 aliphatic carbocycles. The second-order valence-corrected chi connectivity index (χ2v) is 6.43. The number of amides is 1. The standard InChI is InChI=1S/C19H24N2O3/c1-13(2)24-17-8-7-14-5-3-4-6-15(14)16(17)11-21-9-10-23-18(12-21)19(20)22/h3-8,13,18H,9-12H2,1-2H3,(H2,20,22)/t18-/m0/s1. The second-order valence-electron chi connectivity index (χ2n) is 6.43. The zero-order valence-electron chi connectivity index (χ0n) is 14.2. The molecule has 1 saturated heterocycles. The van der Waals surface area contributed by atoms with Crippen LogP contribution in [0.4, 0.5) is 0 Å². The maximum Gasteiger partial charge on any atom is 0.247 e. The minimum Gasteiger partial charge on any atom is -0.491 e. The molecule has 1 amide bonds. The summed E-state index contributed by atoms with van der Waals surface area (Å²) in [5, 5.41) is 2.36. The van der Waals surface area contributed by atoms with Crippen molar-refractivity contribution in [2.75, 3.05) is 19.7 Å². The fourth-order valence-electron chi connectivity index (χ4n) is 3.09. The third-order valence-electron chi connectivity index (χ3n) is 4.21. The Morgan fingerprint density at radius 1 is 1.33 bits per heavy atom. The van der Waals surface area contributed by atoms with E-state index in [2.05, 4.69) is 23.1 Å². The van der Waals surface area contributed by atoms with E-state index >= 15 is 0 Å². The fourth-order valence-corrected chi connectivity index (χ4v) is 3.09. The summed E-state index contributed by atoms with van der Waals surface area (Å²) < 4.78 is 11.5. The molecule has 128 valence electrons. The van der Waals surface area contributed by atoms with Crippen LogP contribution in [0.3, 0.4) is 0 Å². The molecule has 2 aromatic rings. The van der Waals surface area contributed by atoms with Crippen LogP contribution in [0.2, 0.25) is 0 Å². The summed E-state index contributed by atoms with van der Waals surface area (Å²) in [6.07, 6.45) is -0.434. The molecule has 5 nitrogen and oxygen atoms in total. The highest BCUT2D eigenvalue weighted by Crippen LogP contribution is 2.30. The number of ether oxygens (including phenoxy) is 2. The van der Waals surface area contributed by atoms with Gasteiger partial charge < -0.3 is 15.2 Å². The van der Waals surface area contributed by atoms with E-state index in [1.807, 2.05) is 32.0 Å². The topological polar surface area (TPSA) is 64.8 Å². The molecule has 1 atom stereocenters. The van der Waals surface area contributed by atoms with Crippen LogP contribution in [0.15, 0.2) is 36.4 Å². The van der Waals surface area contributed by atoms with Crippen LogP contribution in [0.5, 0.6) is 5.75 Å². The molecule has 2 N–H and O–H groups in total. The lowest BCUT2D eigenvalue weighted by molar-refractivity contribution is -0.135. The summed E-state index contributed by atoms with van der Waals surface area (Å²) in [6, 6.07) is 12.4. The van der Waals surface area contributed by atoms with Crippen molar-refractivity contribution in [3.63, 3.8) is 0 Å². The van der Waals surface area contributed by atoms with Gasteiger partial charge in [-0.05, 0) is 30.7 Å². The Balaban J connectivity index is 1.92. The van der Waals surface area contributed by atoms with E-state index in [-0.39, 0.29) is 6.10 Å². The molecule has 3 rings (SSSR count). The largest absolute Gasteiger partial charge is 0.491 e. The first-order valence-corrected chi connectivity index (χ1v) is 8.35. The van der Waals surface area contributed by atoms with Gasteiger partial charge in [-0.25, -0.2) is 0 Å². The summed E-state index contributed by atoms with van der Waals surface area (Å²) in [5.74, 6) is 0.488. The molecule has 24 heavy (non-hydrogen) atoms. The van der Waals surface area contributed by atoms with Gasteiger partial charge in [-0.3, -0.25) is 9.69 Å². The molecular formula is C19H24N2O3. The molecule has 1 fully saturated rings. The summed E-state index contributed by atoms with van der Waals surface area (Å²) in [6.45, 7) is 6.55. The molecule has 5 heteroatoms. The van der Waals surface area contributed by atoms with Gasteiger partial charge >= 0.3 is 0 Å². The van der Waals surface area contributed by atoms with Gasteiger partial charge in [-0.1, -0.05) is 30.3 Å². The Labute approximate surface area is 142 Å². The summed E-state index contributed by atoms with van der Waals surface area (Å²) in [5.41, 5.74) is 6.54. The Hall–Kier alpha value is -2.11. The monoisotopic (exact) mass is 328 g/mol. The predicted octanol–water partition coefficient (Wildman–Crippen LogP) is 2.31. The average Bonchev–Trinajstić information content (AvgIpc) is 2.57. The van der Waals surface area contributed by atoms with Crippen molar-refractivity contribution in [3.05, 3.63) is 42.0 Å². The van der Waals surface area contributed by atoms with Gasteiger partial charge in [0.25, 0.3) is 0 Å². The van der Waals surface area contributed by atoms with Gasteiger partial charge in [0.2, 0.25) is 5.91 Å². The summed E-state index contributed by atoms with van der Waals surface area (Å²) >= 11 is 0. The summed E-state index contributed by atoms with van der Waals surface area (Å²) in [7, 11) is 0. The van der Waals surface area contributed by atoms with Crippen LogP contribution < -0.4 is 10.5 Å². The van der Waals surface area contributed by atoms with E-state index in [1.54, 1.807) is 0 Å². The van der Waals surface area contributed by atoms with Crippen LogP contribution in [0.25, 0.3) is 10.8 Å². The third kappa shape index (κ3) is 3.68. The number of benzene rings is 2. The van der Waals surface area contributed by atoms with Crippen molar-refractivity contribution < 1.29 is 14.3 Å². The SMILES string of the molecule is CC(C)Oc1ccc2ccccc2c1CN1CCO[C@H](C(N)=O)C1. The van der Waals surface area contributed by atoms with E-state index in [1.165, 1.54) is 10.8 Å². The Bertz CT molecular complexity index is 730. The number of fused-ring (bicyclic) bond motifs is 1. The van der Waals surface area contributed by atoms with Gasteiger partial charge in [-0.15, -0.1) is 0 Å². The number of carbonyl (C=O) groups is 1. The predicted molar refractivity (Wildman–Crippen MR) is 93.9 cm³/mol. The van der Waals surface area contributed by atoms with Gasteiger partial charge in [0.1, 0.15) is 11.9 Å². The maximum absolute atomic E-state index is 11.4. The lowest BCUT2D eigenvalue weighted by Gasteiger charge is -2.32. The molecule has 1 aliphatic heterocycles. The van der Waals surface area contributed by atoms with Crippen LogP contribution in [-0.4, -0.2) is 42.7 Å². The summed E-state index contributed by atoms with van der Waals surface area (Å²) in [4.78, 5) is 13.6. The van der Waals surface area contributed by atoms with E-state index in [0.717, 1.165) is 17.9 Å². The molecule has 0 bridgehead atoms. The van der Waals surface area contributed by atoms with Gasteiger partial charge in [0.15, 0.2) is 0 Å². The molecule has 0 spiro atoms. The molecule has 1 aliphatic rings. The van der Waals surface area contributed by atoms with Crippen molar-refractivity contribution >= 4 is 16.7 Å². The molecule has 0 unspecified atom stereocenters. The highest BCUT2D eigenvalue weighted by molar-refractivity contribution is 5.87. The minimum absolute atomic E-state index is 0.105. The van der Waals surface area contributed by atoms with Crippen LogP contribution >= 0.6 is 0 Å². The zero-order valence-corrected chi connectivity index (χ0v) is 14.2. The molecule has 1 heterocycles. The number of hydrogen-bond acceptors (Lipinski definition) is 4. The van der Waals surface area contributed by atoms with E-state index in [9.17, 15) is 4.79 Å². The number of primary amides is 1. The number of rotatable bonds is 5. The van der Waals surface area contributed by atoms with Gasteiger partial charge in [-0.2, -0.15) is 0 Å².